The van der Waals surface area contributed by atoms with Crippen LogP contribution in [0.5, 0.6) is 0 Å². The van der Waals surface area contributed by atoms with Gasteiger partial charge in [-0.2, -0.15) is 0 Å². The smallest absolute Gasteiger partial charge is 0.183 e. The molecule has 3 aromatic heterocycles. The van der Waals surface area contributed by atoms with Crippen LogP contribution in [0.15, 0.2) is 24.7 Å². The first-order valence-electron chi connectivity index (χ1n) is 8.52. The predicted octanol–water partition coefficient (Wildman–Crippen LogP) is 4.29. The lowest BCUT2D eigenvalue weighted by Crippen LogP contribution is -2.27. The van der Waals surface area contributed by atoms with E-state index in [-0.39, 0.29) is 11.9 Å². The van der Waals surface area contributed by atoms with Crippen molar-refractivity contribution in [3.63, 3.8) is 0 Å². The summed E-state index contributed by atoms with van der Waals surface area (Å²) in [7, 11) is 0. The van der Waals surface area contributed by atoms with Crippen LogP contribution in [0.3, 0.4) is 0 Å². The molecule has 25 heavy (non-hydrogen) atoms. The summed E-state index contributed by atoms with van der Waals surface area (Å²) in [6.07, 6.45) is 8.31. The van der Waals surface area contributed by atoms with Gasteiger partial charge in [0.1, 0.15) is 11.5 Å². The van der Waals surface area contributed by atoms with E-state index in [1.54, 1.807) is 6.20 Å². The van der Waals surface area contributed by atoms with Gasteiger partial charge in [0.05, 0.1) is 12.4 Å². The van der Waals surface area contributed by atoms with Gasteiger partial charge in [-0.25, -0.2) is 23.7 Å². The molecule has 0 spiro atoms. The van der Waals surface area contributed by atoms with Gasteiger partial charge in [0, 0.05) is 23.2 Å². The van der Waals surface area contributed by atoms with E-state index >= 15 is 0 Å². The molecule has 0 bridgehead atoms. The topological polar surface area (TPSA) is 66.5 Å². The van der Waals surface area contributed by atoms with Gasteiger partial charge >= 0.3 is 0 Å². The molecule has 2 unspecified atom stereocenters. The second-order valence-electron chi connectivity index (χ2n) is 6.76. The number of fused-ring (bicyclic) bond motifs is 1. The molecule has 130 valence electrons. The van der Waals surface area contributed by atoms with Gasteiger partial charge in [0.15, 0.2) is 17.5 Å². The van der Waals surface area contributed by atoms with Gasteiger partial charge in [-0.3, -0.25) is 0 Å². The van der Waals surface area contributed by atoms with Gasteiger partial charge in [-0.05, 0) is 24.8 Å². The van der Waals surface area contributed by atoms with Crippen LogP contribution in [0.2, 0.25) is 0 Å². The highest BCUT2D eigenvalue weighted by Crippen LogP contribution is 2.29. The van der Waals surface area contributed by atoms with E-state index < -0.39 is 11.6 Å². The minimum Gasteiger partial charge on any atom is -0.365 e. The van der Waals surface area contributed by atoms with Crippen LogP contribution in [0, 0.1) is 17.6 Å². The molecule has 0 aromatic carbocycles. The monoisotopic (exact) mass is 343 g/mol. The van der Waals surface area contributed by atoms with Crippen molar-refractivity contribution >= 4 is 16.9 Å². The van der Waals surface area contributed by atoms with Gasteiger partial charge in [-0.15, -0.1) is 0 Å². The molecule has 1 aliphatic rings. The van der Waals surface area contributed by atoms with E-state index in [0.29, 0.717) is 28.3 Å². The highest BCUT2D eigenvalue weighted by Gasteiger charge is 2.21. The molecule has 3 aromatic rings. The Balaban J connectivity index is 1.67. The van der Waals surface area contributed by atoms with Crippen LogP contribution in [0.4, 0.5) is 14.6 Å². The number of hydrogen-bond donors (Lipinski definition) is 2. The number of aromatic amines is 1. The van der Waals surface area contributed by atoms with Gasteiger partial charge < -0.3 is 10.3 Å². The summed E-state index contributed by atoms with van der Waals surface area (Å²) in [6, 6.07) is 1.58. The fourth-order valence-electron chi connectivity index (χ4n) is 3.52. The van der Waals surface area contributed by atoms with Crippen LogP contribution in [0.1, 0.15) is 32.6 Å². The van der Waals surface area contributed by atoms with Crippen molar-refractivity contribution in [3.05, 3.63) is 36.3 Å². The van der Waals surface area contributed by atoms with Crippen molar-refractivity contribution in [2.24, 2.45) is 5.92 Å². The highest BCUT2D eigenvalue weighted by atomic mass is 19.1. The molecule has 0 aliphatic heterocycles. The molecule has 0 radical (unpaired) electrons. The summed E-state index contributed by atoms with van der Waals surface area (Å²) < 4.78 is 27.7. The SMILES string of the molecule is CC1CCCC(Nc2nc(-c3c[nH]c4ncc(F)cc34)ncc2F)C1. The van der Waals surface area contributed by atoms with Crippen molar-refractivity contribution < 1.29 is 8.78 Å². The highest BCUT2D eigenvalue weighted by molar-refractivity contribution is 5.91. The Morgan fingerprint density at radius 2 is 2.08 bits per heavy atom. The number of aromatic nitrogens is 4. The zero-order valence-corrected chi connectivity index (χ0v) is 13.9. The zero-order valence-electron chi connectivity index (χ0n) is 13.9. The first kappa shape index (κ1) is 15.9. The average molecular weight is 343 g/mol. The Hall–Kier alpha value is -2.57. The van der Waals surface area contributed by atoms with Gasteiger partial charge in [0.25, 0.3) is 0 Å². The van der Waals surface area contributed by atoms with E-state index in [2.05, 4.69) is 32.2 Å². The molecule has 5 nitrogen and oxygen atoms in total. The largest absolute Gasteiger partial charge is 0.365 e. The lowest BCUT2D eigenvalue weighted by atomic mass is 9.87. The number of H-pyrrole nitrogens is 1. The fraction of sp³-hybridized carbons (Fsp3) is 0.389. The average Bonchev–Trinajstić information content (AvgIpc) is 3.00. The maximum absolute atomic E-state index is 14.2. The summed E-state index contributed by atoms with van der Waals surface area (Å²) >= 11 is 0. The van der Waals surface area contributed by atoms with Crippen LogP contribution in [-0.4, -0.2) is 26.0 Å². The first-order chi connectivity index (χ1) is 12.1. The number of pyridine rings is 1. The Morgan fingerprint density at radius 3 is 2.92 bits per heavy atom. The van der Waals surface area contributed by atoms with Gasteiger partial charge in [0.2, 0.25) is 0 Å². The van der Waals surface area contributed by atoms with E-state index in [1.807, 2.05) is 0 Å². The van der Waals surface area contributed by atoms with Crippen LogP contribution >= 0.6 is 0 Å². The van der Waals surface area contributed by atoms with E-state index in [0.717, 1.165) is 31.7 Å². The summed E-state index contributed by atoms with van der Waals surface area (Å²) in [5, 5.41) is 3.79. The summed E-state index contributed by atoms with van der Waals surface area (Å²) in [5.74, 6) is 0.239. The number of nitrogens with one attached hydrogen (secondary N) is 2. The standard InChI is InChI=1S/C18H19F2N5/c1-10-3-2-4-12(5-10)24-18-15(20)9-23-17(25-18)14-8-22-16-13(14)6-11(19)7-21-16/h6-10,12H,2-5H2,1H3,(H,21,22)(H,23,24,25). The Bertz CT molecular complexity index is 908. The zero-order chi connectivity index (χ0) is 17.4. The number of nitrogens with zero attached hydrogens (tertiary/aromatic N) is 3. The van der Waals surface area contributed by atoms with Crippen molar-refractivity contribution in [3.8, 4) is 11.4 Å². The molecule has 3 heterocycles. The third kappa shape index (κ3) is 3.18. The van der Waals surface area contributed by atoms with Crippen molar-refractivity contribution in [2.45, 2.75) is 38.6 Å². The normalized spacial score (nSPS) is 20.8. The number of halogens is 2. The molecule has 1 saturated carbocycles. The molecule has 2 atom stereocenters. The molecular formula is C18H19F2N5. The van der Waals surface area contributed by atoms with Crippen molar-refractivity contribution in [2.75, 3.05) is 5.32 Å². The molecule has 7 heteroatoms. The lowest BCUT2D eigenvalue weighted by Gasteiger charge is -2.28. The molecular weight excluding hydrogens is 324 g/mol. The van der Waals surface area contributed by atoms with Crippen LogP contribution in [0.25, 0.3) is 22.4 Å². The second-order valence-corrected chi connectivity index (χ2v) is 6.76. The quantitative estimate of drug-likeness (QED) is 0.744. The minimum atomic E-state index is -0.480. The summed E-state index contributed by atoms with van der Waals surface area (Å²) in [5.41, 5.74) is 1.14. The third-order valence-electron chi connectivity index (χ3n) is 4.76. The first-order valence-corrected chi connectivity index (χ1v) is 8.52. The lowest BCUT2D eigenvalue weighted by molar-refractivity contribution is 0.357. The molecule has 1 fully saturated rings. The Kier molecular flexibility index (Phi) is 4.07. The second kappa shape index (κ2) is 6.38. The van der Waals surface area contributed by atoms with Crippen LogP contribution in [-0.2, 0) is 0 Å². The Labute approximate surface area is 143 Å². The van der Waals surface area contributed by atoms with Crippen LogP contribution < -0.4 is 5.32 Å². The fourth-order valence-corrected chi connectivity index (χ4v) is 3.52. The molecule has 1 aliphatic carbocycles. The molecule has 0 saturated heterocycles. The number of anilines is 1. The predicted molar refractivity (Wildman–Crippen MR) is 92.1 cm³/mol. The Morgan fingerprint density at radius 1 is 1.20 bits per heavy atom. The van der Waals surface area contributed by atoms with E-state index in [1.165, 1.54) is 12.5 Å². The van der Waals surface area contributed by atoms with E-state index in [9.17, 15) is 8.78 Å². The number of rotatable bonds is 3. The third-order valence-corrected chi connectivity index (χ3v) is 4.76. The van der Waals surface area contributed by atoms with Crippen molar-refractivity contribution in [1.82, 2.24) is 19.9 Å². The molecule has 4 rings (SSSR count). The maximum Gasteiger partial charge on any atom is 0.183 e. The van der Waals surface area contributed by atoms with Gasteiger partial charge in [-0.1, -0.05) is 19.8 Å². The summed E-state index contributed by atoms with van der Waals surface area (Å²) in [6.45, 7) is 2.21. The molecule has 2 N–H and O–H groups in total. The molecule has 0 amide bonds. The summed E-state index contributed by atoms with van der Waals surface area (Å²) in [4.78, 5) is 15.4. The van der Waals surface area contributed by atoms with Crippen molar-refractivity contribution in [1.29, 1.82) is 0 Å². The van der Waals surface area contributed by atoms with E-state index in [4.69, 9.17) is 0 Å². The maximum atomic E-state index is 14.2. The minimum absolute atomic E-state index is 0.197. The number of hydrogen-bond acceptors (Lipinski definition) is 4.